The van der Waals surface area contributed by atoms with Crippen LogP contribution in [0, 0.1) is 6.92 Å². The maximum atomic E-state index is 13.7. The summed E-state index contributed by atoms with van der Waals surface area (Å²) in [6.07, 6.45) is 6.05. The molecule has 5 heteroatoms. The van der Waals surface area contributed by atoms with Gasteiger partial charge in [0, 0.05) is 13.1 Å². The first kappa shape index (κ1) is 18.9. The number of hydrogen-bond acceptors (Lipinski definition) is 3. The summed E-state index contributed by atoms with van der Waals surface area (Å²) in [5.41, 5.74) is 5.87. The maximum absolute atomic E-state index is 13.7. The lowest BCUT2D eigenvalue weighted by atomic mass is 9.67. The summed E-state index contributed by atoms with van der Waals surface area (Å²) in [5.74, 6) is -0.415. The molecule has 0 aromatic heterocycles. The van der Waals surface area contributed by atoms with E-state index in [2.05, 4.69) is 19.1 Å². The van der Waals surface area contributed by atoms with Gasteiger partial charge >= 0.3 is 0 Å². The quantitative estimate of drug-likeness (QED) is 0.867. The van der Waals surface area contributed by atoms with Crippen LogP contribution in [-0.4, -0.2) is 40.5 Å². The number of aliphatic hydroxyl groups is 1. The van der Waals surface area contributed by atoms with Gasteiger partial charge in [-0.25, -0.2) is 0 Å². The van der Waals surface area contributed by atoms with Crippen molar-refractivity contribution in [1.82, 2.24) is 4.90 Å². The van der Waals surface area contributed by atoms with Crippen LogP contribution in [-0.2, 0) is 15.0 Å². The van der Waals surface area contributed by atoms with E-state index < -0.39 is 16.9 Å². The maximum Gasteiger partial charge on any atom is 0.233 e. The zero-order chi connectivity index (χ0) is 18.8. The Morgan fingerprint density at radius 1 is 1.12 bits per heavy atom. The summed E-state index contributed by atoms with van der Waals surface area (Å²) < 4.78 is 0. The number of carbonyl (C=O) groups is 2. The van der Waals surface area contributed by atoms with Crippen LogP contribution in [0.5, 0.6) is 0 Å². The molecule has 1 saturated carbocycles. The number of β-amino-alcohol motifs (C(OH)–C–C–N with tert-alkyl or cyclic N) is 1. The second-order valence-corrected chi connectivity index (χ2v) is 8.16. The number of nitrogens with zero attached hydrogens (tertiary/aromatic N) is 1. The normalized spacial score (nSPS) is 25.7. The van der Waals surface area contributed by atoms with Gasteiger partial charge in [-0.05, 0) is 43.7 Å². The third-order valence-corrected chi connectivity index (χ3v) is 6.12. The van der Waals surface area contributed by atoms with Crippen LogP contribution < -0.4 is 5.73 Å². The number of nitrogens with two attached hydrogens (primary N) is 1. The highest BCUT2D eigenvalue weighted by Crippen LogP contribution is 2.43. The highest BCUT2D eigenvalue weighted by atomic mass is 16.3. The summed E-state index contributed by atoms with van der Waals surface area (Å²) in [7, 11) is 0. The number of amides is 2. The van der Waals surface area contributed by atoms with Crippen molar-refractivity contribution in [3.63, 3.8) is 0 Å². The minimum absolute atomic E-state index is 0.0891. The van der Waals surface area contributed by atoms with E-state index in [9.17, 15) is 14.7 Å². The molecule has 0 spiro atoms. The number of hydrogen-bond donors (Lipinski definition) is 2. The SMILES string of the molecule is Cc1ccccc1C1(C(=O)N2CCCC(O)(CC(N)=O)C2)CCCCC1. The Balaban J connectivity index is 1.91. The number of rotatable bonds is 4. The number of primary amides is 1. The molecule has 142 valence electrons. The van der Waals surface area contributed by atoms with Gasteiger partial charge in [-0.15, -0.1) is 0 Å². The van der Waals surface area contributed by atoms with Crippen molar-refractivity contribution in [2.75, 3.05) is 13.1 Å². The number of aryl methyl sites for hydroxylation is 1. The lowest BCUT2D eigenvalue weighted by molar-refractivity contribution is -0.148. The van der Waals surface area contributed by atoms with Crippen LogP contribution in [0.1, 0.15) is 62.5 Å². The van der Waals surface area contributed by atoms with Gasteiger partial charge in [0.15, 0.2) is 0 Å². The first-order chi connectivity index (χ1) is 12.4. The zero-order valence-electron chi connectivity index (χ0n) is 15.7. The fraction of sp³-hybridized carbons (Fsp3) is 0.619. The van der Waals surface area contributed by atoms with Crippen LogP contribution in [0.25, 0.3) is 0 Å². The molecule has 2 fully saturated rings. The fourth-order valence-corrected chi connectivity index (χ4v) is 4.92. The van der Waals surface area contributed by atoms with E-state index in [4.69, 9.17) is 5.73 Å². The van der Waals surface area contributed by atoms with Crippen molar-refractivity contribution in [3.05, 3.63) is 35.4 Å². The van der Waals surface area contributed by atoms with Gasteiger partial charge in [0.1, 0.15) is 0 Å². The van der Waals surface area contributed by atoms with E-state index in [0.29, 0.717) is 19.4 Å². The van der Waals surface area contributed by atoms with E-state index >= 15 is 0 Å². The number of benzene rings is 1. The van der Waals surface area contributed by atoms with Crippen molar-refractivity contribution in [3.8, 4) is 0 Å². The third kappa shape index (κ3) is 3.63. The Bertz CT molecular complexity index is 682. The van der Waals surface area contributed by atoms with E-state index in [1.807, 2.05) is 12.1 Å². The largest absolute Gasteiger partial charge is 0.388 e. The monoisotopic (exact) mass is 358 g/mol. The molecule has 2 amide bonds. The molecule has 1 heterocycles. The highest BCUT2D eigenvalue weighted by molar-refractivity contribution is 5.89. The topological polar surface area (TPSA) is 83.6 Å². The summed E-state index contributed by atoms with van der Waals surface area (Å²) in [6, 6.07) is 8.16. The van der Waals surface area contributed by atoms with E-state index in [-0.39, 0.29) is 18.9 Å². The minimum Gasteiger partial charge on any atom is -0.388 e. The van der Waals surface area contributed by atoms with Crippen molar-refractivity contribution < 1.29 is 14.7 Å². The molecule has 3 N–H and O–H groups in total. The van der Waals surface area contributed by atoms with Crippen LogP contribution in [0.4, 0.5) is 0 Å². The molecule has 1 aromatic carbocycles. The summed E-state index contributed by atoms with van der Waals surface area (Å²) in [4.78, 5) is 26.8. The smallest absolute Gasteiger partial charge is 0.233 e. The fourth-order valence-electron chi connectivity index (χ4n) is 4.92. The second-order valence-electron chi connectivity index (χ2n) is 8.16. The summed E-state index contributed by atoms with van der Waals surface area (Å²) in [6.45, 7) is 2.90. The van der Waals surface area contributed by atoms with Gasteiger partial charge in [-0.1, -0.05) is 43.5 Å². The summed E-state index contributed by atoms with van der Waals surface area (Å²) >= 11 is 0. The first-order valence-electron chi connectivity index (χ1n) is 9.73. The van der Waals surface area contributed by atoms with Gasteiger partial charge in [0.2, 0.25) is 11.8 Å². The Labute approximate surface area is 155 Å². The lowest BCUT2D eigenvalue weighted by Crippen LogP contribution is -2.57. The lowest BCUT2D eigenvalue weighted by Gasteiger charge is -2.45. The van der Waals surface area contributed by atoms with Crippen molar-refractivity contribution in [2.45, 2.75) is 69.3 Å². The van der Waals surface area contributed by atoms with E-state index in [1.54, 1.807) is 4.90 Å². The Kier molecular flexibility index (Phi) is 5.37. The predicted molar refractivity (Wildman–Crippen MR) is 101 cm³/mol. The molecule has 1 aliphatic heterocycles. The number of piperidine rings is 1. The van der Waals surface area contributed by atoms with Crippen LogP contribution >= 0.6 is 0 Å². The average Bonchev–Trinajstić information content (AvgIpc) is 2.61. The van der Waals surface area contributed by atoms with Crippen LogP contribution in [0.15, 0.2) is 24.3 Å². The van der Waals surface area contributed by atoms with Gasteiger partial charge in [-0.3, -0.25) is 9.59 Å². The number of likely N-dealkylation sites (tertiary alicyclic amines) is 1. The van der Waals surface area contributed by atoms with Crippen molar-refractivity contribution in [2.24, 2.45) is 5.73 Å². The van der Waals surface area contributed by atoms with Gasteiger partial charge in [0.05, 0.1) is 17.4 Å². The first-order valence-corrected chi connectivity index (χ1v) is 9.73. The molecule has 2 aliphatic rings. The highest BCUT2D eigenvalue weighted by Gasteiger charge is 2.47. The third-order valence-electron chi connectivity index (χ3n) is 6.12. The second kappa shape index (κ2) is 7.39. The van der Waals surface area contributed by atoms with E-state index in [0.717, 1.165) is 43.2 Å². The molecule has 3 rings (SSSR count). The number of carbonyl (C=O) groups excluding carboxylic acids is 2. The molecule has 1 saturated heterocycles. The van der Waals surface area contributed by atoms with E-state index in [1.165, 1.54) is 0 Å². The van der Waals surface area contributed by atoms with Crippen LogP contribution in [0.2, 0.25) is 0 Å². The zero-order valence-corrected chi connectivity index (χ0v) is 15.7. The molecule has 1 aliphatic carbocycles. The Morgan fingerprint density at radius 3 is 2.46 bits per heavy atom. The van der Waals surface area contributed by atoms with Gasteiger partial charge in [-0.2, -0.15) is 0 Å². The van der Waals surface area contributed by atoms with Crippen molar-refractivity contribution >= 4 is 11.8 Å². The molecule has 0 radical (unpaired) electrons. The molecule has 1 aromatic rings. The molecular weight excluding hydrogens is 328 g/mol. The summed E-state index contributed by atoms with van der Waals surface area (Å²) in [5, 5.41) is 10.8. The molecule has 0 bridgehead atoms. The minimum atomic E-state index is -1.19. The van der Waals surface area contributed by atoms with Crippen molar-refractivity contribution in [1.29, 1.82) is 0 Å². The Hall–Kier alpha value is -1.88. The average molecular weight is 358 g/mol. The molecule has 1 atom stereocenters. The molecule has 5 nitrogen and oxygen atoms in total. The molecule has 1 unspecified atom stereocenters. The Morgan fingerprint density at radius 2 is 1.81 bits per heavy atom. The van der Waals surface area contributed by atoms with Gasteiger partial charge < -0.3 is 15.7 Å². The van der Waals surface area contributed by atoms with Crippen LogP contribution in [0.3, 0.4) is 0 Å². The molecular formula is C21H30N2O3. The molecule has 26 heavy (non-hydrogen) atoms. The predicted octanol–water partition coefficient (Wildman–Crippen LogP) is 2.43. The standard InChI is InChI=1S/C21H30N2O3/c1-16-8-3-4-9-17(16)21(11-5-2-6-12-21)19(25)23-13-7-10-20(26,15-23)14-18(22)24/h3-4,8-9,26H,2,5-7,10-15H2,1H3,(H2,22,24). The van der Waals surface area contributed by atoms with Gasteiger partial charge in [0.25, 0.3) is 0 Å².